The number of methoxy groups -OCH3 is 1. The first-order valence-corrected chi connectivity index (χ1v) is 10.1. The van der Waals surface area contributed by atoms with Crippen molar-refractivity contribution in [3.63, 3.8) is 0 Å². The Morgan fingerprint density at radius 1 is 1.22 bits per heavy atom. The molecule has 23 heavy (non-hydrogen) atoms. The average molecular weight is 389 g/mol. The van der Waals surface area contributed by atoms with E-state index in [2.05, 4.69) is 4.40 Å². The molecule has 1 aromatic carbocycles. The van der Waals surface area contributed by atoms with E-state index in [4.69, 9.17) is 16.3 Å². The molecule has 0 fully saturated rings. The van der Waals surface area contributed by atoms with Crippen molar-refractivity contribution in [2.45, 2.75) is 10.8 Å². The summed E-state index contributed by atoms with van der Waals surface area (Å²) in [4.78, 5) is 0.424. The zero-order chi connectivity index (χ0) is 16.4. The van der Waals surface area contributed by atoms with Crippen molar-refractivity contribution in [3.8, 4) is 0 Å². The molecule has 0 spiro atoms. The predicted molar refractivity (Wildman–Crippen MR) is 93.8 cm³/mol. The van der Waals surface area contributed by atoms with Crippen LogP contribution in [0.2, 0.25) is 4.34 Å². The van der Waals surface area contributed by atoms with E-state index in [0.717, 1.165) is 21.6 Å². The number of para-hydroxylation sites is 1. The van der Waals surface area contributed by atoms with E-state index in [1.807, 2.05) is 28.8 Å². The maximum atomic E-state index is 12.5. The van der Waals surface area contributed by atoms with Crippen LogP contribution in [0.3, 0.4) is 0 Å². The summed E-state index contributed by atoms with van der Waals surface area (Å²) in [5.74, 6) is 0. The van der Waals surface area contributed by atoms with Gasteiger partial charge in [-0.1, -0.05) is 35.1 Å². The second kappa shape index (κ2) is 6.74. The number of thiophene rings is 1. The molecule has 0 unspecified atom stereocenters. The van der Waals surface area contributed by atoms with Crippen LogP contribution in [0.5, 0.6) is 0 Å². The molecule has 0 amide bonds. The lowest BCUT2D eigenvalue weighted by Crippen LogP contribution is -2.19. The second-order valence-corrected chi connectivity index (χ2v) is 9.18. The fourth-order valence-electron chi connectivity index (χ4n) is 2.07. The van der Waals surface area contributed by atoms with Crippen molar-refractivity contribution >= 4 is 54.5 Å². The Balaban J connectivity index is 2.18. The Hall–Kier alpha value is -1.19. The number of sulfonamides is 1. The van der Waals surface area contributed by atoms with E-state index in [0.29, 0.717) is 22.3 Å². The number of hydrogen-bond donors (Lipinski definition) is 0. The van der Waals surface area contributed by atoms with Gasteiger partial charge in [-0.25, -0.2) is 0 Å². The highest BCUT2D eigenvalue weighted by Gasteiger charge is 2.17. The summed E-state index contributed by atoms with van der Waals surface area (Å²) in [7, 11) is -2.17. The van der Waals surface area contributed by atoms with Crippen LogP contribution >= 0.6 is 34.3 Å². The normalized spacial score (nSPS) is 13.0. The second-order valence-electron chi connectivity index (χ2n) is 4.62. The molecule has 0 aliphatic carbocycles. The molecule has 0 aliphatic rings. The zero-order valence-corrected chi connectivity index (χ0v) is 15.3. The quantitative estimate of drug-likeness (QED) is 0.673. The lowest BCUT2D eigenvalue weighted by Gasteiger charge is -2.03. The zero-order valence-electron chi connectivity index (χ0n) is 12.1. The summed E-state index contributed by atoms with van der Waals surface area (Å²) in [5.41, 5.74) is 0.938. The molecule has 2 aromatic heterocycles. The Labute approximate surface area is 146 Å². The number of aromatic nitrogens is 1. The Kier molecular flexibility index (Phi) is 4.88. The maximum Gasteiger partial charge on any atom is 0.294 e. The highest BCUT2D eigenvalue weighted by Crippen LogP contribution is 2.27. The van der Waals surface area contributed by atoms with Crippen LogP contribution in [0.4, 0.5) is 0 Å². The predicted octanol–water partition coefficient (Wildman–Crippen LogP) is 3.35. The molecular weight excluding hydrogens is 376 g/mol. The first kappa shape index (κ1) is 16.7. The maximum absolute atomic E-state index is 12.5. The van der Waals surface area contributed by atoms with Gasteiger partial charge in [0.15, 0.2) is 0 Å². The van der Waals surface area contributed by atoms with E-state index in [-0.39, 0.29) is 4.21 Å². The van der Waals surface area contributed by atoms with Gasteiger partial charge in [0.05, 0.1) is 21.2 Å². The molecule has 2 heterocycles. The van der Waals surface area contributed by atoms with Crippen molar-refractivity contribution in [3.05, 3.63) is 45.5 Å². The molecule has 122 valence electrons. The van der Waals surface area contributed by atoms with Crippen molar-refractivity contribution in [2.75, 3.05) is 13.7 Å². The minimum absolute atomic E-state index is 0.137. The minimum atomic E-state index is -3.78. The number of ether oxygens (including phenoxy) is 1. The van der Waals surface area contributed by atoms with E-state index >= 15 is 0 Å². The first-order valence-electron chi connectivity index (χ1n) is 6.65. The molecule has 0 saturated carbocycles. The third-order valence-electron chi connectivity index (χ3n) is 3.11. The number of hydrogen-bond acceptors (Lipinski definition) is 5. The fraction of sp³-hybridized carbons (Fsp3) is 0.214. The van der Waals surface area contributed by atoms with Crippen LogP contribution in [0.15, 0.2) is 45.0 Å². The topological polar surface area (TPSA) is 60.7 Å². The minimum Gasteiger partial charge on any atom is -0.383 e. The van der Waals surface area contributed by atoms with E-state index in [9.17, 15) is 8.42 Å². The molecule has 3 rings (SSSR count). The third-order valence-corrected chi connectivity index (χ3v) is 7.25. The molecule has 0 N–H and O–H groups in total. The summed E-state index contributed by atoms with van der Waals surface area (Å²) in [5, 5.41) is 0. The molecular formula is C14H13ClN2O3S3. The van der Waals surface area contributed by atoms with Crippen LogP contribution < -0.4 is 4.80 Å². The van der Waals surface area contributed by atoms with Gasteiger partial charge in [-0.2, -0.15) is 8.42 Å². The van der Waals surface area contributed by atoms with Crippen LogP contribution in [0, 0.1) is 0 Å². The Bertz CT molecular complexity index is 1000. The van der Waals surface area contributed by atoms with Gasteiger partial charge in [0, 0.05) is 13.7 Å². The fourth-order valence-corrected chi connectivity index (χ4v) is 5.79. The average Bonchev–Trinajstić information content (AvgIpc) is 3.09. The van der Waals surface area contributed by atoms with Crippen LogP contribution in [0.25, 0.3) is 10.2 Å². The van der Waals surface area contributed by atoms with Crippen molar-refractivity contribution in [2.24, 2.45) is 4.40 Å². The Morgan fingerprint density at radius 3 is 2.70 bits per heavy atom. The SMILES string of the molecule is COCCn1/c(=N/S(=O)(=O)c2ccc(Cl)s2)sc2ccccc21. The van der Waals surface area contributed by atoms with Crippen molar-refractivity contribution in [1.29, 1.82) is 0 Å². The molecule has 0 saturated heterocycles. The number of halogens is 1. The molecule has 0 aliphatic heterocycles. The number of fused-ring (bicyclic) bond motifs is 1. The van der Waals surface area contributed by atoms with Gasteiger partial charge in [0.2, 0.25) is 4.80 Å². The largest absolute Gasteiger partial charge is 0.383 e. The molecule has 3 aromatic rings. The number of nitrogens with zero attached hydrogens (tertiary/aromatic N) is 2. The monoisotopic (exact) mass is 388 g/mol. The van der Waals surface area contributed by atoms with E-state index in [1.165, 1.54) is 17.4 Å². The van der Waals surface area contributed by atoms with Crippen LogP contribution in [-0.4, -0.2) is 26.7 Å². The van der Waals surface area contributed by atoms with Gasteiger partial charge >= 0.3 is 0 Å². The third kappa shape index (κ3) is 3.51. The molecule has 9 heteroatoms. The lowest BCUT2D eigenvalue weighted by atomic mass is 10.3. The summed E-state index contributed by atoms with van der Waals surface area (Å²) < 4.78 is 37.4. The first-order chi connectivity index (χ1) is 11.0. The molecule has 5 nitrogen and oxygen atoms in total. The number of rotatable bonds is 5. The van der Waals surface area contributed by atoms with Gasteiger partial charge in [-0.15, -0.1) is 15.7 Å². The molecule has 0 atom stereocenters. The highest BCUT2D eigenvalue weighted by atomic mass is 35.5. The highest BCUT2D eigenvalue weighted by molar-refractivity contribution is 7.92. The lowest BCUT2D eigenvalue weighted by molar-refractivity contribution is 0.187. The standard InChI is InChI=1S/C14H13ClN2O3S3/c1-20-9-8-17-10-4-2-3-5-11(10)21-14(17)16-23(18,19)13-7-6-12(15)22-13/h2-7H,8-9H2,1H3/b16-14-. The van der Waals surface area contributed by atoms with Gasteiger partial charge in [0.25, 0.3) is 10.0 Å². The van der Waals surface area contributed by atoms with Gasteiger partial charge < -0.3 is 9.30 Å². The van der Waals surface area contributed by atoms with Gasteiger partial charge in [-0.05, 0) is 24.3 Å². The van der Waals surface area contributed by atoms with Crippen LogP contribution in [0.1, 0.15) is 0 Å². The van der Waals surface area contributed by atoms with E-state index in [1.54, 1.807) is 13.2 Å². The van der Waals surface area contributed by atoms with Crippen molar-refractivity contribution in [1.82, 2.24) is 4.57 Å². The number of thiazole rings is 1. The van der Waals surface area contributed by atoms with Crippen molar-refractivity contribution < 1.29 is 13.2 Å². The van der Waals surface area contributed by atoms with E-state index < -0.39 is 10.0 Å². The summed E-state index contributed by atoms with van der Waals surface area (Å²) in [6.07, 6.45) is 0. The Morgan fingerprint density at radius 2 is 2.00 bits per heavy atom. The van der Waals surface area contributed by atoms with Gasteiger partial charge in [-0.3, -0.25) is 0 Å². The molecule has 0 bridgehead atoms. The smallest absolute Gasteiger partial charge is 0.294 e. The summed E-state index contributed by atoms with van der Waals surface area (Å²) in [6.45, 7) is 0.999. The summed E-state index contributed by atoms with van der Waals surface area (Å²) >= 11 is 8.16. The summed E-state index contributed by atoms with van der Waals surface area (Å²) in [6, 6.07) is 10.7. The van der Waals surface area contributed by atoms with Crippen LogP contribution in [-0.2, 0) is 21.3 Å². The van der Waals surface area contributed by atoms with Gasteiger partial charge in [0.1, 0.15) is 4.21 Å². The molecule has 0 radical (unpaired) electrons. The number of benzene rings is 1.